The molecular formula is C12H12O2. The fourth-order valence-corrected chi connectivity index (χ4v) is 1.72. The van der Waals surface area contributed by atoms with Crippen molar-refractivity contribution in [3.05, 3.63) is 45.3 Å². The Morgan fingerprint density at radius 2 is 1.79 bits per heavy atom. The van der Waals surface area contributed by atoms with E-state index in [9.17, 15) is 4.79 Å². The first kappa shape index (κ1) is 9.00. The van der Waals surface area contributed by atoms with Gasteiger partial charge in [0, 0.05) is 10.9 Å². The van der Waals surface area contributed by atoms with Crippen molar-refractivity contribution in [2.75, 3.05) is 0 Å². The fourth-order valence-electron chi connectivity index (χ4n) is 1.72. The molecule has 72 valence electrons. The molecule has 1 aromatic heterocycles. The van der Waals surface area contributed by atoms with Crippen molar-refractivity contribution in [1.82, 2.24) is 0 Å². The summed E-state index contributed by atoms with van der Waals surface area (Å²) in [6.45, 7) is 5.78. The Hall–Kier alpha value is -1.57. The number of rotatable bonds is 0. The van der Waals surface area contributed by atoms with Gasteiger partial charge in [-0.05, 0) is 38.0 Å². The van der Waals surface area contributed by atoms with Gasteiger partial charge in [-0.25, -0.2) is 4.79 Å². The third kappa shape index (κ3) is 1.15. The molecule has 0 spiro atoms. The highest BCUT2D eigenvalue weighted by Gasteiger charge is 2.08. The van der Waals surface area contributed by atoms with E-state index >= 15 is 0 Å². The van der Waals surface area contributed by atoms with Crippen molar-refractivity contribution in [1.29, 1.82) is 0 Å². The fraction of sp³-hybridized carbons (Fsp3) is 0.250. The monoisotopic (exact) mass is 188 g/mol. The molecule has 0 fully saturated rings. The predicted molar refractivity (Wildman–Crippen MR) is 56.7 cm³/mol. The first-order chi connectivity index (χ1) is 6.61. The van der Waals surface area contributed by atoms with Crippen LogP contribution in [0.2, 0.25) is 0 Å². The van der Waals surface area contributed by atoms with E-state index in [1.165, 1.54) is 0 Å². The zero-order valence-corrected chi connectivity index (χ0v) is 8.55. The smallest absolute Gasteiger partial charge is 0.339 e. The van der Waals surface area contributed by atoms with Crippen molar-refractivity contribution in [2.24, 2.45) is 0 Å². The molecule has 1 aromatic carbocycles. The van der Waals surface area contributed by atoms with Gasteiger partial charge in [-0.1, -0.05) is 12.1 Å². The van der Waals surface area contributed by atoms with Gasteiger partial charge < -0.3 is 4.42 Å². The summed E-state index contributed by atoms with van der Waals surface area (Å²) in [6, 6.07) is 5.75. The minimum atomic E-state index is -0.236. The van der Waals surface area contributed by atoms with E-state index < -0.39 is 0 Å². The molecule has 0 N–H and O–H groups in total. The first-order valence-corrected chi connectivity index (χ1v) is 4.61. The van der Waals surface area contributed by atoms with Gasteiger partial charge >= 0.3 is 5.63 Å². The quantitative estimate of drug-likeness (QED) is 0.595. The van der Waals surface area contributed by atoms with E-state index in [1.807, 2.05) is 32.0 Å². The van der Waals surface area contributed by atoms with Crippen LogP contribution in [0.5, 0.6) is 0 Å². The second kappa shape index (κ2) is 2.98. The van der Waals surface area contributed by atoms with Gasteiger partial charge in [0.05, 0.1) is 0 Å². The van der Waals surface area contributed by atoms with Crippen LogP contribution in [0.25, 0.3) is 11.0 Å². The summed E-state index contributed by atoms with van der Waals surface area (Å²) in [4.78, 5) is 11.4. The zero-order chi connectivity index (χ0) is 10.3. The molecule has 0 amide bonds. The lowest BCUT2D eigenvalue weighted by Gasteiger charge is -2.05. The van der Waals surface area contributed by atoms with Crippen LogP contribution in [0, 0.1) is 20.8 Å². The highest BCUT2D eigenvalue weighted by molar-refractivity contribution is 5.84. The third-order valence-electron chi connectivity index (χ3n) is 2.68. The highest BCUT2D eigenvalue weighted by atomic mass is 16.4. The predicted octanol–water partition coefficient (Wildman–Crippen LogP) is 2.72. The van der Waals surface area contributed by atoms with Gasteiger partial charge in [-0.2, -0.15) is 0 Å². The standard InChI is InChI=1S/C12H12O2/c1-7-5-4-6-10-11(7)8(2)9(3)12(13)14-10/h4-6H,1-3H3. The van der Waals surface area contributed by atoms with Crippen LogP contribution >= 0.6 is 0 Å². The molecule has 2 heteroatoms. The van der Waals surface area contributed by atoms with Crippen molar-refractivity contribution < 1.29 is 4.42 Å². The maximum atomic E-state index is 11.4. The Kier molecular flexibility index (Phi) is 1.92. The third-order valence-corrected chi connectivity index (χ3v) is 2.68. The van der Waals surface area contributed by atoms with Gasteiger partial charge in [-0.15, -0.1) is 0 Å². The SMILES string of the molecule is Cc1c(C)c2c(C)cccc2oc1=O. The van der Waals surface area contributed by atoms with Crippen LogP contribution < -0.4 is 5.63 Å². The van der Waals surface area contributed by atoms with E-state index in [0.29, 0.717) is 11.1 Å². The summed E-state index contributed by atoms with van der Waals surface area (Å²) < 4.78 is 5.20. The second-order valence-corrected chi connectivity index (χ2v) is 3.59. The molecule has 2 aromatic rings. The molecule has 0 saturated heterocycles. The van der Waals surface area contributed by atoms with Crippen molar-refractivity contribution >= 4 is 11.0 Å². The number of fused-ring (bicyclic) bond motifs is 1. The summed E-state index contributed by atoms with van der Waals surface area (Å²) in [6.07, 6.45) is 0. The maximum Gasteiger partial charge on any atom is 0.339 e. The Labute approximate surface area is 82.2 Å². The van der Waals surface area contributed by atoms with E-state index in [0.717, 1.165) is 16.5 Å². The molecular weight excluding hydrogens is 176 g/mol. The molecule has 0 saturated carbocycles. The van der Waals surface area contributed by atoms with Crippen LogP contribution in [0.4, 0.5) is 0 Å². The highest BCUT2D eigenvalue weighted by Crippen LogP contribution is 2.21. The maximum absolute atomic E-state index is 11.4. The summed E-state index contributed by atoms with van der Waals surface area (Å²) in [5, 5.41) is 1.06. The van der Waals surface area contributed by atoms with Crippen LogP contribution in [0.1, 0.15) is 16.7 Å². The molecule has 0 aliphatic heterocycles. The van der Waals surface area contributed by atoms with Crippen LogP contribution in [0.3, 0.4) is 0 Å². The van der Waals surface area contributed by atoms with E-state index in [1.54, 1.807) is 6.92 Å². The van der Waals surface area contributed by atoms with Crippen LogP contribution in [-0.2, 0) is 0 Å². The lowest BCUT2D eigenvalue weighted by Crippen LogP contribution is -2.05. The van der Waals surface area contributed by atoms with Crippen LogP contribution in [-0.4, -0.2) is 0 Å². The summed E-state index contributed by atoms with van der Waals surface area (Å²) in [7, 11) is 0. The molecule has 2 nitrogen and oxygen atoms in total. The van der Waals surface area contributed by atoms with Crippen molar-refractivity contribution in [3.8, 4) is 0 Å². The van der Waals surface area contributed by atoms with Gasteiger partial charge in [0.2, 0.25) is 0 Å². The van der Waals surface area contributed by atoms with Gasteiger partial charge in [0.15, 0.2) is 0 Å². The molecule has 0 aliphatic rings. The van der Waals surface area contributed by atoms with E-state index in [2.05, 4.69) is 0 Å². The van der Waals surface area contributed by atoms with Gasteiger partial charge in [0.25, 0.3) is 0 Å². The van der Waals surface area contributed by atoms with Crippen molar-refractivity contribution in [2.45, 2.75) is 20.8 Å². The molecule has 0 atom stereocenters. The lowest BCUT2D eigenvalue weighted by atomic mass is 10.0. The normalized spacial score (nSPS) is 10.8. The van der Waals surface area contributed by atoms with E-state index in [-0.39, 0.29) is 5.63 Å². The summed E-state index contributed by atoms with van der Waals surface area (Å²) in [5.74, 6) is 0. The van der Waals surface area contributed by atoms with E-state index in [4.69, 9.17) is 4.42 Å². The summed E-state index contributed by atoms with van der Waals surface area (Å²) >= 11 is 0. The molecule has 0 aliphatic carbocycles. The summed E-state index contributed by atoms with van der Waals surface area (Å²) in [5.41, 5.74) is 3.31. The Morgan fingerprint density at radius 1 is 1.07 bits per heavy atom. The number of hydrogen-bond acceptors (Lipinski definition) is 2. The number of hydrogen-bond donors (Lipinski definition) is 0. The Balaban J connectivity index is 3.07. The Morgan fingerprint density at radius 3 is 2.50 bits per heavy atom. The Bertz CT molecular complexity index is 550. The van der Waals surface area contributed by atoms with Crippen LogP contribution in [0.15, 0.2) is 27.4 Å². The lowest BCUT2D eigenvalue weighted by molar-refractivity contribution is 0.553. The molecule has 0 bridgehead atoms. The van der Waals surface area contributed by atoms with Gasteiger partial charge in [0.1, 0.15) is 5.58 Å². The molecule has 14 heavy (non-hydrogen) atoms. The first-order valence-electron chi connectivity index (χ1n) is 4.61. The van der Waals surface area contributed by atoms with Gasteiger partial charge in [-0.3, -0.25) is 0 Å². The average molecular weight is 188 g/mol. The topological polar surface area (TPSA) is 30.2 Å². The molecule has 0 unspecified atom stereocenters. The van der Waals surface area contributed by atoms with Crippen molar-refractivity contribution in [3.63, 3.8) is 0 Å². The molecule has 0 radical (unpaired) electrons. The second-order valence-electron chi connectivity index (χ2n) is 3.59. The average Bonchev–Trinajstić information content (AvgIpc) is 2.14. The zero-order valence-electron chi connectivity index (χ0n) is 8.55. The minimum absolute atomic E-state index is 0.236. The minimum Gasteiger partial charge on any atom is -0.423 e. The molecule has 2 rings (SSSR count). The largest absolute Gasteiger partial charge is 0.423 e. The number of aryl methyl sites for hydroxylation is 2. The molecule has 1 heterocycles. The number of benzene rings is 1.